The van der Waals surface area contributed by atoms with Crippen LogP contribution in [-0.4, -0.2) is 64.9 Å². The van der Waals surface area contributed by atoms with Crippen molar-refractivity contribution >= 4 is 17.0 Å². The highest BCUT2D eigenvalue weighted by molar-refractivity contribution is 5.83. The first kappa shape index (κ1) is 22.4. The minimum absolute atomic E-state index is 0.369. The van der Waals surface area contributed by atoms with Crippen molar-refractivity contribution in [2.24, 2.45) is 0 Å². The number of ether oxygens (including phenoxy) is 1. The van der Waals surface area contributed by atoms with E-state index in [9.17, 15) is 20.4 Å². The Labute approximate surface area is 195 Å². The van der Waals surface area contributed by atoms with Crippen LogP contribution < -0.4 is 5.32 Å². The third-order valence-electron chi connectivity index (χ3n) is 6.06. The molecule has 2 aromatic carbocycles. The largest absolute Gasteiger partial charge is 0.394 e. The zero-order valence-electron chi connectivity index (χ0n) is 18.1. The number of aromatic nitrogens is 4. The Bertz CT molecular complexity index is 1240. The van der Waals surface area contributed by atoms with E-state index >= 15 is 0 Å². The summed E-state index contributed by atoms with van der Waals surface area (Å²) in [6, 6.07) is 18.3. The molecular weight excluding hydrogens is 438 g/mol. The Hall–Kier alpha value is -3.41. The lowest BCUT2D eigenvalue weighted by Crippen LogP contribution is -2.33. The molecule has 0 amide bonds. The summed E-state index contributed by atoms with van der Waals surface area (Å²) in [5, 5.41) is 44.5. The quantitative estimate of drug-likeness (QED) is 0.274. The van der Waals surface area contributed by atoms with Crippen LogP contribution in [0.25, 0.3) is 11.2 Å². The van der Waals surface area contributed by atoms with Crippen LogP contribution in [0.2, 0.25) is 0 Å². The van der Waals surface area contributed by atoms with Crippen molar-refractivity contribution in [2.75, 3.05) is 11.9 Å². The molecule has 0 aliphatic carbocycles. The number of hydrogen-bond donors (Lipinski definition) is 5. The van der Waals surface area contributed by atoms with Crippen LogP contribution in [0.1, 0.15) is 29.5 Å². The molecule has 0 saturated carbocycles. The molecular formula is C24H25N5O5. The fourth-order valence-corrected chi connectivity index (χ4v) is 4.25. The number of rotatable bonds is 7. The monoisotopic (exact) mass is 463 g/mol. The van der Waals surface area contributed by atoms with Gasteiger partial charge in [-0.05, 0) is 11.1 Å². The smallest absolute Gasteiger partial charge is 0.167 e. The minimum Gasteiger partial charge on any atom is -0.394 e. The molecule has 10 heteroatoms. The predicted molar refractivity (Wildman–Crippen MR) is 123 cm³/mol. The SMILES string of the molecule is OC[C@H]1O[C@@H](n2cnc3c(N[C@@H](c4ccccc4)[C@H](O)c4ccccc4)ncnc32)C(O)[C@H]1O. The highest BCUT2D eigenvalue weighted by Crippen LogP contribution is 2.35. The zero-order chi connectivity index (χ0) is 23.7. The maximum Gasteiger partial charge on any atom is 0.167 e. The molecule has 3 heterocycles. The van der Waals surface area contributed by atoms with E-state index in [4.69, 9.17) is 4.74 Å². The number of nitrogens with one attached hydrogen (secondary N) is 1. The van der Waals surface area contributed by atoms with Gasteiger partial charge in [0.25, 0.3) is 0 Å². The summed E-state index contributed by atoms with van der Waals surface area (Å²) in [5.74, 6) is 0.388. The first-order valence-corrected chi connectivity index (χ1v) is 10.9. The Kier molecular flexibility index (Phi) is 6.22. The lowest BCUT2D eigenvalue weighted by molar-refractivity contribution is -0.0511. The van der Waals surface area contributed by atoms with E-state index < -0.39 is 43.3 Å². The summed E-state index contributed by atoms with van der Waals surface area (Å²) in [5.41, 5.74) is 2.37. The molecule has 1 aliphatic heterocycles. The van der Waals surface area contributed by atoms with Crippen molar-refractivity contribution in [3.05, 3.63) is 84.4 Å². The highest BCUT2D eigenvalue weighted by Gasteiger charge is 2.44. The van der Waals surface area contributed by atoms with Crippen molar-refractivity contribution in [3.8, 4) is 0 Å². The summed E-state index contributed by atoms with van der Waals surface area (Å²) < 4.78 is 7.12. The Balaban J connectivity index is 1.51. The molecule has 2 aromatic heterocycles. The second kappa shape index (κ2) is 9.45. The first-order chi connectivity index (χ1) is 16.6. The second-order valence-corrected chi connectivity index (χ2v) is 8.16. The van der Waals surface area contributed by atoms with Gasteiger partial charge in [-0.15, -0.1) is 0 Å². The minimum atomic E-state index is -1.27. The van der Waals surface area contributed by atoms with E-state index in [2.05, 4.69) is 20.3 Å². The van der Waals surface area contributed by atoms with Crippen molar-refractivity contribution < 1.29 is 25.2 Å². The van der Waals surface area contributed by atoms with E-state index in [1.807, 2.05) is 60.7 Å². The summed E-state index contributed by atoms with van der Waals surface area (Å²) in [7, 11) is 0. The molecule has 1 aliphatic rings. The van der Waals surface area contributed by atoms with E-state index in [-0.39, 0.29) is 0 Å². The zero-order valence-corrected chi connectivity index (χ0v) is 18.1. The van der Waals surface area contributed by atoms with E-state index in [0.717, 1.165) is 11.1 Å². The highest BCUT2D eigenvalue weighted by atomic mass is 16.6. The van der Waals surface area contributed by atoms with Gasteiger partial charge in [0.05, 0.1) is 19.0 Å². The summed E-state index contributed by atoms with van der Waals surface area (Å²) >= 11 is 0. The van der Waals surface area contributed by atoms with Gasteiger partial charge in [-0.25, -0.2) is 15.0 Å². The van der Waals surface area contributed by atoms with Gasteiger partial charge in [-0.1, -0.05) is 60.7 Å². The van der Waals surface area contributed by atoms with Crippen LogP contribution in [0.3, 0.4) is 0 Å². The molecule has 5 N–H and O–H groups in total. The molecule has 0 spiro atoms. The van der Waals surface area contributed by atoms with Crippen molar-refractivity contribution in [3.63, 3.8) is 0 Å². The van der Waals surface area contributed by atoms with Crippen LogP contribution >= 0.6 is 0 Å². The average molecular weight is 463 g/mol. The van der Waals surface area contributed by atoms with E-state index in [1.54, 1.807) is 0 Å². The number of aliphatic hydroxyl groups excluding tert-OH is 4. The van der Waals surface area contributed by atoms with Crippen molar-refractivity contribution in [1.29, 1.82) is 0 Å². The molecule has 0 bridgehead atoms. The average Bonchev–Trinajstić information content (AvgIpc) is 3.44. The first-order valence-electron chi connectivity index (χ1n) is 10.9. The van der Waals surface area contributed by atoms with Crippen LogP contribution in [0.15, 0.2) is 73.3 Å². The van der Waals surface area contributed by atoms with Gasteiger partial charge >= 0.3 is 0 Å². The predicted octanol–water partition coefficient (Wildman–Crippen LogP) is 1.32. The van der Waals surface area contributed by atoms with Crippen molar-refractivity contribution in [1.82, 2.24) is 19.5 Å². The van der Waals surface area contributed by atoms with Crippen LogP contribution in [-0.2, 0) is 4.74 Å². The molecule has 4 aromatic rings. The molecule has 176 valence electrons. The topological polar surface area (TPSA) is 146 Å². The molecule has 6 atom stereocenters. The number of imidazole rings is 1. The van der Waals surface area contributed by atoms with E-state index in [0.29, 0.717) is 17.0 Å². The van der Waals surface area contributed by atoms with Gasteiger partial charge in [-0.3, -0.25) is 4.57 Å². The Morgan fingerprint density at radius 1 is 0.912 bits per heavy atom. The lowest BCUT2D eigenvalue weighted by Gasteiger charge is -2.25. The standard InChI is InChI=1S/C24H25N5O5/c30-11-16-20(32)21(33)24(34-16)29-13-27-18-22(25-12-26-23(18)29)28-17(14-7-3-1-4-8-14)19(31)15-9-5-2-6-10-15/h1-10,12-13,16-17,19-21,24,30-33H,11H2,(H,25,26,28)/t16-,17+,19-,20+,21?,24-/m1/s1. The van der Waals surface area contributed by atoms with Crippen LogP contribution in [0.4, 0.5) is 5.82 Å². The third kappa shape index (κ3) is 4.02. The van der Waals surface area contributed by atoms with Crippen LogP contribution in [0.5, 0.6) is 0 Å². The summed E-state index contributed by atoms with van der Waals surface area (Å²) in [4.78, 5) is 13.1. The molecule has 1 saturated heterocycles. The van der Waals surface area contributed by atoms with Gasteiger partial charge in [0, 0.05) is 0 Å². The lowest BCUT2D eigenvalue weighted by atomic mass is 9.96. The normalized spacial score (nSPS) is 24.2. The van der Waals surface area contributed by atoms with Gasteiger partial charge in [-0.2, -0.15) is 0 Å². The maximum atomic E-state index is 11.2. The van der Waals surface area contributed by atoms with Gasteiger partial charge in [0.1, 0.15) is 30.7 Å². The Morgan fingerprint density at radius 2 is 1.59 bits per heavy atom. The molecule has 34 heavy (non-hydrogen) atoms. The number of benzene rings is 2. The number of anilines is 1. The fourth-order valence-electron chi connectivity index (χ4n) is 4.25. The molecule has 1 fully saturated rings. The molecule has 0 radical (unpaired) electrons. The van der Waals surface area contributed by atoms with Crippen LogP contribution in [0, 0.1) is 0 Å². The molecule has 1 unspecified atom stereocenters. The van der Waals surface area contributed by atoms with Crippen molar-refractivity contribution in [2.45, 2.75) is 36.7 Å². The van der Waals surface area contributed by atoms with Gasteiger partial charge < -0.3 is 30.5 Å². The fraction of sp³-hybridized carbons (Fsp3) is 0.292. The Morgan fingerprint density at radius 3 is 2.24 bits per heavy atom. The summed E-state index contributed by atoms with van der Waals surface area (Å²) in [6.07, 6.45) is -2.48. The number of nitrogens with zero attached hydrogens (tertiary/aromatic N) is 4. The molecule has 10 nitrogen and oxygen atoms in total. The van der Waals surface area contributed by atoms with Gasteiger partial charge in [0.2, 0.25) is 0 Å². The summed E-state index contributed by atoms with van der Waals surface area (Å²) in [6.45, 7) is -0.431. The second-order valence-electron chi connectivity index (χ2n) is 8.16. The number of hydrogen-bond acceptors (Lipinski definition) is 9. The van der Waals surface area contributed by atoms with E-state index in [1.165, 1.54) is 17.2 Å². The number of fused-ring (bicyclic) bond motifs is 1. The number of aliphatic hydroxyl groups is 4. The van der Waals surface area contributed by atoms with Gasteiger partial charge in [0.15, 0.2) is 23.2 Å². The maximum absolute atomic E-state index is 11.2. The molecule has 5 rings (SSSR count). The third-order valence-corrected chi connectivity index (χ3v) is 6.06.